The molecular weight excluding hydrogens is 216 g/mol. The Morgan fingerprint density at radius 3 is 2.29 bits per heavy atom. The lowest BCUT2D eigenvalue weighted by Crippen LogP contribution is -2.28. The fourth-order valence-corrected chi connectivity index (χ4v) is 1.84. The van der Waals surface area contributed by atoms with Crippen molar-refractivity contribution >= 4 is 11.8 Å². The third-order valence-corrected chi connectivity index (χ3v) is 2.83. The number of hydrogen-bond donors (Lipinski definition) is 0. The van der Waals surface area contributed by atoms with Crippen molar-refractivity contribution in [3.63, 3.8) is 0 Å². The van der Waals surface area contributed by atoms with Crippen molar-refractivity contribution in [1.82, 2.24) is 0 Å². The van der Waals surface area contributed by atoms with Crippen LogP contribution in [0.25, 0.3) is 0 Å². The maximum absolute atomic E-state index is 11.8. The van der Waals surface area contributed by atoms with Crippen LogP contribution in [0.15, 0.2) is 30.3 Å². The maximum atomic E-state index is 11.8. The van der Waals surface area contributed by atoms with Crippen LogP contribution >= 0.6 is 0 Å². The number of ether oxygens (including phenoxy) is 1. The lowest BCUT2D eigenvalue weighted by atomic mass is 9.96. The largest absolute Gasteiger partial charge is 0.458 e. The summed E-state index contributed by atoms with van der Waals surface area (Å²) in [6, 6.07) is 8.80. The fourth-order valence-electron chi connectivity index (χ4n) is 1.84. The Bertz CT molecular complexity index is 384. The molecule has 0 saturated carbocycles. The Morgan fingerprint density at radius 2 is 1.82 bits per heavy atom. The molecule has 0 aromatic heterocycles. The Morgan fingerprint density at radius 1 is 1.24 bits per heavy atom. The Labute approximate surface area is 102 Å². The van der Waals surface area contributed by atoms with E-state index < -0.39 is 0 Å². The zero-order valence-electron chi connectivity index (χ0n) is 10.5. The van der Waals surface area contributed by atoms with Gasteiger partial charge in [-0.05, 0) is 32.4 Å². The molecule has 0 aliphatic carbocycles. The highest BCUT2D eigenvalue weighted by Gasteiger charge is 2.23. The minimum Gasteiger partial charge on any atom is -0.458 e. The van der Waals surface area contributed by atoms with Gasteiger partial charge in [0.25, 0.3) is 0 Å². The van der Waals surface area contributed by atoms with Crippen LogP contribution in [0.3, 0.4) is 0 Å². The average Bonchev–Trinajstić information content (AvgIpc) is 2.30. The van der Waals surface area contributed by atoms with Gasteiger partial charge in [-0.3, -0.25) is 4.79 Å². The quantitative estimate of drug-likeness (QED) is 0.736. The molecule has 0 saturated heterocycles. The van der Waals surface area contributed by atoms with Crippen molar-refractivity contribution in [3.05, 3.63) is 35.9 Å². The Kier molecular flexibility index (Phi) is 4.88. The molecule has 2 atom stereocenters. The molecule has 17 heavy (non-hydrogen) atoms. The topological polar surface area (TPSA) is 43.4 Å². The summed E-state index contributed by atoms with van der Waals surface area (Å²) in [6.45, 7) is 5.20. The van der Waals surface area contributed by atoms with Gasteiger partial charge in [0.15, 0.2) is 0 Å². The van der Waals surface area contributed by atoms with E-state index in [1.54, 1.807) is 31.2 Å². The first-order valence-electron chi connectivity index (χ1n) is 5.82. The van der Waals surface area contributed by atoms with E-state index in [-0.39, 0.29) is 23.8 Å². The van der Waals surface area contributed by atoms with Crippen molar-refractivity contribution < 1.29 is 14.3 Å². The molecule has 0 heterocycles. The molecule has 0 aliphatic rings. The lowest BCUT2D eigenvalue weighted by molar-refractivity contribution is -0.124. The number of rotatable bonds is 5. The smallest absolute Gasteiger partial charge is 0.338 e. The molecule has 0 aliphatic heterocycles. The van der Waals surface area contributed by atoms with Crippen LogP contribution in [0.2, 0.25) is 0 Å². The maximum Gasteiger partial charge on any atom is 0.338 e. The normalized spacial score (nSPS) is 13.8. The molecule has 0 N–H and O–H groups in total. The highest BCUT2D eigenvalue weighted by atomic mass is 16.5. The molecule has 0 bridgehead atoms. The first-order chi connectivity index (χ1) is 8.06. The summed E-state index contributed by atoms with van der Waals surface area (Å²) in [4.78, 5) is 23.1. The van der Waals surface area contributed by atoms with Crippen molar-refractivity contribution in [2.45, 2.75) is 33.3 Å². The van der Waals surface area contributed by atoms with Gasteiger partial charge in [0.05, 0.1) is 11.5 Å². The van der Waals surface area contributed by atoms with Gasteiger partial charge in [-0.2, -0.15) is 0 Å². The summed E-state index contributed by atoms with van der Waals surface area (Å²) in [5.41, 5.74) is 0.512. The van der Waals surface area contributed by atoms with E-state index in [1.165, 1.54) is 6.92 Å². The molecule has 92 valence electrons. The highest BCUT2D eigenvalue weighted by Crippen LogP contribution is 2.15. The van der Waals surface area contributed by atoms with Crippen molar-refractivity contribution in [1.29, 1.82) is 0 Å². The molecular formula is C14H18O3. The minimum atomic E-state index is -0.384. The first-order valence-corrected chi connectivity index (χ1v) is 5.82. The lowest BCUT2D eigenvalue weighted by Gasteiger charge is -2.20. The second kappa shape index (κ2) is 6.18. The van der Waals surface area contributed by atoms with E-state index in [1.807, 2.05) is 13.0 Å². The third-order valence-electron chi connectivity index (χ3n) is 2.83. The third kappa shape index (κ3) is 3.70. The van der Waals surface area contributed by atoms with Gasteiger partial charge in [-0.25, -0.2) is 4.79 Å². The summed E-state index contributed by atoms with van der Waals surface area (Å²) in [5, 5.41) is 0. The molecule has 3 heteroatoms. The SMILES string of the molecule is CCC(C(C)=O)C(C)OC(=O)c1ccccc1. The van der Waals surface area contributed by atoms with Gasteiger partial charge in [0.2, 0.25) is 0 Å². The zero-order chi connectivity index (χ0) is 12.8. The van der Waals surface area contributed by atoms with Gasteiger partial charge in [-0.1, -0.05) is 25.1 Å². The molecule has 0 radical (unpaired) electrons. The summed E-state index contributed by atoms with van der Waals surface area (Å²) >= 11 is 0. The first kappa shape index (κ1) is 13.4. The van der Waals surface area contributed by atoms with Gasteiger partial charge < -0.3 is 4.74 Å². The summed E-state index contributed by atoms with van der Waals surface area (Å²) < 4.78 is 5.29. The summed E-state index contributed by atoms with van der Waals surface area (Å²) in [6.07, 6.45) is 0.295. The number of hydrogen-bond acceptors (Lipinski definition) is 3. The predicted octanol–water partition coefficient (Wildman–Crippen LogP) is 2.85. The molecule has 0 amide bonds. The van der Waals surface area contributed by atoms with Crippen LogP contribution < -0.4 is 0 Å². The number of esters is 1. The number of ketones is 1. The minimum absolute atomic E-state index is 0.0564. The van der Waals surface area contributed by atoms with Gasteiger partial charge in [-0.15, -0.1) is 0 Å². The molecule has 1 aromatic carbocycles. The van der Waals surface area contributed by atoms with Crippen LogP contribution in [0.5, 0.6) is 0 Å². The molecule has 2 unspecified atom stereocenters. The van der Waals surface area contributed by atoms with Crippen molar-refractivity contribution in [2.24, 2.45) is 5.92 Å². The van der Waals surface area contributed by atoms with Crippen LogP contribution in [0.4, 0.5) is 0 Å². The van der Waals surface area contributed by atoms with Gasteiger partial charge >= 0.3 is 5.97 Å². The molecule has 1 aromatic rings. The second-order valence-electron chi connectivity index (χ2n) is 4.10. The Balaban J connectivity index is 2.66. The number of carbonyl (C=O) groups excluding carboxylic acids is 2. The van der Waals surface area contributed by atoms with Gasteiger partial charge in [0, 0.05) is 0 Å². The number of benzene rings is 1. The molecule has 0 spiro atoms. The average molecular weight is 234 g/mol. The monoisotopic (exact) mass is 234 g/mol. The van der Waals surface area contributed by atoms with Crippen LogP contribution in [0, 0.1) is 5.92 Å². The van der Waals surface area contributed by atoms with Crippen LogP contribution in [-0.2, 0) is 9.53 Å². The number of Topliss-reactive ketones (excluding diaryl/α,β-unsaturated/α-hetero) is 1. The molecule has 3 nitrogen and oxygen atoms in total. The summed E-state index contributed by atoms with van der Waals surface area (Å²) in [5.74, 6) is -0.540. The van der Waals surface area contributed by atoms with E-state index in [9.17, 15) is 9.59 Å². The van der Waals surface area contributed by atoms with E-state index in [4.69, 9.17) is 4.74 Å². The van der Waals surface area contributed by atoms with Gasteiger partial charge in [0.1, 0.15) is 11.9 Å². The van der Waals surface area contributed by atoms with E-state index in [0.29, 0.717) is 12.0 Å². The van der Waals surface area contributed by atoms with Crippen molar-refractivity contribution in [3.8, 4) is 0 Å². The number of carbonyl (C=O) groups is 2. The fraction of sp³-hybridized carbons (Fsp3) is 0.429. The van der Waals surface area contributed by atoms with Crippen LogP contribution in [-0.4, -0.2) is 17.9 Å². The molecule has 0 fully saturated rings. The second-order valence-corrected chi connectivity index (χ2v) is 4.10. The Hall–Kier alpha value is -1.64. The van der Waals surface area contributed by atoms with E-state index in [0.717, 1.165) is 0 Å². The standard InChI is InChI=1S/C14H18O3/c1-4-13(10(2)15)11(3)17-14(16)12-8-6-5-7-9-12/h5-9,11,13H,4H2,1-3H3. The van der Waals surface area contributed by atoms with E-state index in [2.05, 4.69) is 0 Å². The van der Waals surface area contributed by atoms with E-state index >= 15 is 0 Å². The highest BCUT2D eigenvalue weighted by molar-refractivity contribution is 5.89. The predicted molar refractivity (Wildman–Crippen MR) is 65.8 cm³/mol. The van der Waals surface area contributed by atoms with Crippen LogP contribution in [0.1, 0.15) is 37.6 Å². The zero-order valence-corrected chi connectivity index (χ0v) is 10.5. The molecule has 1 rings (SSSR count). The summed E-state index contributed by atoms with van der Waals surface area (Å²) in [7, 11) is 0. The van der Waals surface area contributed by atoms with Crippen molar-refractivity contribution in [2.75, 3.05) is 0 Å².